The summed E-state index contributed by atoms with van der Waals surface area (Å²) in [5.41, 5.74) is 3.44. The zero-order valence-electron chi connectivity index (χ0n) is 13.7. The summed E-state index contributed by atoms with van der Waals surface area (Å²) in [6.07, 6.45) is 6.96. The second kappa shape index (κ2) is 6.95. The van der Waals surface area contributed by atoms with E-state index >= 15 is 0 Å². The molecule has 24 heavy (non-hydrogen) atoms. The number of rotatable bonds is 5. The highest BCUT2D eigenvalue weighted by Gasteiger charge is 2.08. The van der Waals surface area contributed by atoms with E-state index in [0.29, 0.717) is 17.8 Å². The van der Waals surface area contributed by atoms with E-state index in [1.54, 1.807) is 23.3 Å². The van der Waals surface area contributed by atoms with E-state index in [9.17, 15) is 4.79 Å². The van der Waals surface area contributed by atoms with Crippen LogP contribution in [0.25, 0.3) is 0 Å². The smallest absolute Gasteiger partial charge is 0.255 e. The van der Waals surface area contributed by atoms with Gasteiger partial charge in [0, 0.05) is 43.9 Å². The highest BCUT2D eigenvalue weighted by Crippen LogP contribution is 2.14. The van der Waals surface area contributed by atoms with Crippen LogP contribution < -0.4 is 10.2 Å². The minimum Gasteiger partial charge on any atom is -0.378 e. The normalized spacial score (nSPS) is 10.4. The van der Waals surface area contributed by atoms with Crippen LogP contribution in [0, 0.1) is 0 Å². The van der Waals surface area contributed by atoms with Crippen molar-refractivity contribution in [3.8, 4) is 0 Å². The van der Waals surface area contributed by atoms with Gasteiger partial charge in [-0.3, -0.25) is 14.5 Å². The van der Waals surface area contributed by atoms with Crippen molar-refractivity contribution in [2.24, 2.45) is 0 Å². The third-order valence-corrected chi connectivity index (χ3v) is 3.63. The second-order valence-electron chi connectivity index (χ2n) is 5.68. The fourth-order valence-electron chi connectivity index (χ4n) is 2.30. The average Bonchev–Trinajstić information content (AvgIpc) is 3.02. The van der Waals surface area contributed by atoms with E-state index in [2.05, 4.69) is 15.4 Å². The van der Waals surface area contributed by atoms with Crippen molar-refractivity contribution in [1.29, 1.82) is 0 Å². The molecule has 0 saturated carbocycles. The average molecular weight is 321 g/mol. The molecule has 0 aliphatic heterocycles. The summed E-state index contributed by atoms with van der Waals surface area (Å²) in [4.78, 5) is 18.3. The summed E-state index contributed by atoms with van der Waals surface area (Å²) >= 11 is 0. The molecule has 122 valence electrons. The zero-order chi connectivity index (χ0) is 16.9. The zero-order valence-corrected chi connectivity index (χ0v) is 13.7. The number of hydrogen-bond acceptors (Lipinski definition) is 4. The highest BCUT2D eigenvalue weighted by atomic mass is 16.1. The van der Waals surface area contributed by atoms with Gasteiger partial charge in [-0.1, -0.05) is 0 Å². The lowest BCUT2D eigenvalue weighted by atomic mass is 10.2. The molecule has 1 aromatic carbocycles. The quantitative estimate of drug-likeness (QED) is 0.785. The van der Waals surface area contributed by atoms with Crippen molar-refractivity contribution in [1.82, 2.24) is 14.8 Å². The van der Waals surface area contributed by atoms with E-state index in [1.165, 1.54) is 0 Å². The Morgan fingerprint density at radius 1 is 1.12 bits per heavy atom. The lowest BCUT2D eigenvalue weighted by Crippen LogP contribution is -2.12. The van der Waals surface area contributed by atoms with Crippen LogP contribution >= 0.6 is 0 Å². The molecule has 0 saturated heterocycles. The summed E-state index contributed by atoms with van der Waals surface area (Å²) in [5.74, 6) is -0.149. The van der Waals surface area contributed by atoms with Crippen molar-refractivity contribution >= 4 is 17.3 Å². The van der Waals surface area contributed by atoms with Crippen LogP contribution in [0.3, 0.4) is 0 Å². The molecular formula is C18H19N5O. The van der Waals surface area contributed by atoms with E-state index in [0.717, 1.165) is 11.3 Å². The first kappa shape index (κ1) is 15.7. The third kappa shape index (κ3) is 3.78. The van der Waals surface area contributed by atoms with Gasteiger partial charge in [-0.2, -0.15) is 5.10 Å². The van der Waals surface area contributed by atoms with Gasteiger partial charge in [-0.15, -0.1) is 0 Å². The van der Waals surface area contributed by atoms with Crippen LogP contribution in [0.2, 0.25) is 0 Å². The van der Waals surface area contributed by atoms with Gasteiger partial charge in [-0.25, -0.2) is 0 Å². The van der Waals surface area contributed by atoms with Gasteiger partial charge in [0.1, 0.15) is 0 Å². The molecule has 6 nitrogen and oxygen atoms in total. The van der Waals surface area contributed by atoms with E-state index < -0.39 is 0 Å². The first-order valence-electron chi connectivity index (χ1n) is 7.62. The molecule has 3 rings (SSSR count). The SMILES string of the molecule is CN(C)c1ccc(C(=O)Nc2cnn(Cc3ccncc3)c2)cc1. The van der Waals surface area contributed by atoms with Gasteiger partial charge in [0.15, 0.2) is 0 Å². The van der Waals surface area contributed by atoms with Crippen molar-refractivity contribution in [3.05, 3.63) is 72.3 Å². The molecule has 0 fully saturated rings. The molecule has 0 aliphatic rings. The van der Waals surface area contributed by atoms with E-state index in [1.807, 2.05) is 61.6 Å². The Balaban J connectivity index is 1.64. The number of carbonyl (C=O) groups is 1. The number of hydrogen-bond donors (Lipinski definition) is 1. The van der Waals surface area contributed by atoms with Gasteiger partial charge in [-0.05, 0) is 42.0 Å². The Bertz CT molecular complexity index is 809. The van der Waals surface area contributed by atoms with Gasteiger partial charge in [0.25, 0.3) is 5.91 Å². The standard InChI is InChI=1S/C18H19N5O/c1-22(2)17-5-3-15(4-6-17)18(24)21-16-11-20-23(13-16)12-14-7-9-19-10-8-14/h3-11,13H,12H2,1-2H3,(H,21,24). The lowest BCUT2D eigenvalue weighted by molar-refractivity contribution is 0.102. The lowest BCUT2D eigenvalue weighted by Gasteiger charge is -2.12. The van der Waals surface area contributed by atoms with Crippen LogP contribution in [-0.2, 0) is 6.54 Å². The number of nitrogens with zero attached hydrogens (tertiary/aromatic N) is 4. The monoisotopic (exact) mass is 321 g/mol. The number of benzene rings is 1. The molecule has 2 aromatic heterocycles. The van der Waals surface area contributed by atoms with Crippen molar-refractivity contribution < 1.29 is 4.79 Å². The Labute approximate surface area is 140 Å². The Morgan fingerprint density at radius 3 is 2.50 bits per heavy atom. The number of anilines is 2. The minimum atomic E-state index is -0.149. The molecular weight excluding hydrogens is 302 g/mol. The molecule has 1 N–H and O–H groups in total. The Kier molecular flexibility index (Phi) is 4.56. The van der Waals surface area contributed by atoms with Crippen LogP contribution in [0.1, 0.15) is 15.9 Å². The summed E-state index contributed by atoms with van der Waals surface area (Å²) < 4.78 is 1.78. The first-order valence-corrected chi connectivity index (χ1v) is 7.62. The number of nitrogens with one attached hydrogen (secondary N) is 1. The maximum Gasteiger partial charge on any atom is 0.255 e. The molecule has 0 spiro atoms. The second-order valence-corrected chi connectivity index (χ2v) is 5.68. The molecule has 0 atom stereocenters. The van der Waals surface area contributed by atoms with Crippen molar-refractivity contribution in [2.45, 2.75) is 6.54 Å². The number of carbonyl (C=O) groups excluding carboxylic acids is 1. The summed E-state index contributed by atoms with van der Waals surface area (Å²) in [6.45, 7) is 0.635. The van der Waals surface area contributed by atoms with Crippen molar-refractivity contribution in [3.63, 3.8) is 0 Å². The molecule has 0 aliphatic carbocycles. The maximum absolute atomic E-state index is 12.3. The maximum atomic E-state index is 12.3. The summed E-state index contributed by atoms with van der Waals surface area (Å²) in [6, 6.07) is 11.3. The highest BCUT2D eigenvalue weighted by molar-refractivity contribution is 6.04. The Hall–Kier alpha value is -3.15. The largest absolute Gasteiger partial charge is 0.378 e. The number of pyridine rings is 1. The van der Waals surface area contributed by atoms with Crippen LogP contribution in [0.4, 0.5) is 11.4 Å². The topological polar surface area (TPSA) is 63.1 Å². The number of aromatic nitrogens is 3. The van der Waals surface area contributed by atoms with E-state index in [4.69, 9.17) is 0 Å². The predicted octanol–water partition coefficient (Wildman–Crippen LogP) is 2.64. The number of amides is 1. The Morgan fingerprint density at radius 2 is 1.83 bits per heavy atom. The van der Waals surface area contributed by atoms with Crippen LogP contribution in [-0.4, -0.2) is 34.8 Å². The first-order chi connectivity index (χ1) is 11.6. The predicted molar refractivity (Wildman–Crippen MR) is 94.3 cm³/mol. The fraction of sp³-hybridized carbons (Fsp3) is 0.167. The van der Waals surface area contributed by atoms with Crippen LogP contribution in [0.15, 0.2) is 61.2 Å². The molecule has 0 bridgehead atoms. The molecule has 2 heterocycles. The molecule has 6 heteroatoms. The van der Waals surface area contributed by atoms with Gasteiger partial charge < -0.3 is 10.2 Å². The van der Waals surface area contributed by atoms with Gasteiger partial charge in [0.05, 0.1) is 18.4 Å². The summed E-state index contributed by atoms with van der Waals surface area (Å²) in [7, 11) is 3.93. The fourth-order valence-corrected chi connectivity index (χ4v) is 2.30. The van der Waals surface area contributed by atoms with E-state index in [-0.39, 0.29) is 5.91 Å². The van der Waals surface area contributed by atoms with Crippen molar-refractivity contribution in [2.75, 3.05) is 24.3 Å². The molecule has 1 amide bonds. The third-order valence-electron chi connectivity index (χ3n) is 3.63. The summed E-state index contributed by atoms with van der Waals surface area (Å²) in [5, 5.41) is 7.14. The van der Waals surface area contributed by atoms with Gasteiger partial charge in [0.2, 0.25) is 0 Å². The molecule has 3 aromatic rings. The molecule has 0 unspecified atom stereocenters. The van der Waals surface area contributed by atoms with Gasteiger partial charge >= 0.3 is 0 Å². The van der Waals surface area contributed by atoms with Crippen LogP contribution in [0.5, 0.6) is 0 Å². The minimum absolute atomic E-state index is 0.149. The molecule has 0 radical (unpaired) electrons.